The van der Waals surface area contributed by atoms with Crippen LogP contribution in [0.4, 0.5) is 0 Å². The molecule has 0 aliphatic carbocycles. The molecule has 0 saturated heterocycles. The third-order valence-electron chi connectivity index (χ3n) is 2.29. The number of hydrogen-bond donors (Lipinski definition) is 1. The van der Waals surface area contributed by atoms with Gasteiger partial charge in [0, 0.05) is 23.0 Å². The molecule has 0 saturated carbocycles. The number of hydrogen-bond acceptors (Lipinski definition) is 5. The van der Waals surface area contributed by atoms with Gasteiger partial charge >= 0.3 is 5.97 Å². The molecule has 0 fully saturated rings. The van der Waals surface area contributed by atoms with E-state index in [2.05, 4.69) is 9.97 Å². The van der Waals surface area contributed by atoms with Gasteiger partial charge in [0.05, 0.1) is 0 Å². The van der Waals surface area contributed by atoms with E-state index in [4.69, 9.17) is 10.4 Å². The number of thioether (sulfide) groups is 1. The van der Waals surface area contributed by atoms with Gasteiger partial charge in [0.15, 0.2) is 0 Å². The zero-order chi connectivity index (χ0) is 13.7. The molecular formula is C13H9N3O2S. The van der Waals surface area contributed by atoms with E-state index >= 15 is 0 Å². The van der Waals surface area contributed by atoms with E-state index < -0.39 is 5.97 Å². The molecular weight excluding hydrogens is 262 g/mol. The number of carbonyl (C=O) groups is 1. The van der Waals surface area contributed by atoms with Crippen LogP contribution >= 0.6 is 11.8 Å². The first kappa shape index (κ1) is 13.1. The van der Waals surface area contributed by atoms with Crippen molar-refractivity contribution in [1.29, 1.82) is 5.26 Å². The highest BCUT2D eigenvalue weighted by Crippen LogP contribution is 2.22. The van der Waals surface area contributed by atoms with E-state index in [9.17, 15) is 4.79 Å². The summed E-state index contributed by atoms with van der Waals surface area (Å²) in [6, 6.07) is 8.80. The number of pyridine rings is 2. The molecule has 0 aliphatic heterocycles. The zero-order valence-electron chi connectivity index (χ0n) is 9.78. The molecule has 19 heavy (non-hydrogen) atoms. The van der Waals surface area contributed by atoms with Crippen LogP contribution in [0, 0.1) is 11.3 Å². The lowest BCUT2D eigenvalue weighted by Crippen LogP contribution is -1.99. The van der Waals surface area contributed by atoms with Gasteiger partial charge in [0.1, 0.15) is 17.5 Å². The number of carboxylic acids is 1. The van der Waals surface area contributed by atoms with Gasteiger partial charge in [-0.05, 0) is 29.8 Å². The molecule has 6 heteroatoms. The molecule has 5 nitrogen and oxygen atoms in total. The molecule has 0 spiro atoms. The Labute approximate surface area is 113 Å². The minimum Gasteiger partial charge on any atom is -0.477 e. The molecule has 1 N–H and O–H groups in total. The molecule has 0 atom stereocenters. The molecule has 2 aromatic heterocycles. The van der Waals surface area contributed by atoms with Crippen LogP contribution in [0.2, 0.25) is 0 Å². The van der Waals surface area contributed by atoms with Crippen molar-refractivity contribution in [3.63, 3.8) is 0 Å². The Morgan fingerprint density at radius 1 is 1.32 bits per heavy atom. The lowest BCUT2D eigenvalue weighted by Gasteiger charge is -2.03. The van der Waals surface area contributed by atoms with Crippen LogP contribution in [0.1, 0.15) is 21.7 Å². The highest BCUT2D eigenvalue weighted by atomic mass is 32.2. The molecule has 0 aliphatic rings. The maximum Gasteiger partial charge on any atom is 0.354 e. The summed E-state index contributed by atoms with van der Waals surface area (Å²) < 4.78 is 0. The summed E-state index contributed by atoms with van der Waals surface area (Å²) in [6.45, 7) is 0. The summed E-state index contributed by atoms with van der Waals surface area (Å²) >= 11 is 1.48. The van der Waals surface area contributed by atoms with Gasteiger partial charge in [0.2, 0.25) is 0 Å². The summed E-state index contributed by atoms with van der Waals surface area (Å²) in [5.41, 5.74) is 1.36. The second kappa shape index (κ2) is 5.98. The van der Waals surface area contributed by atoms with Gasteiger partial charge in [-0.2, -0.15) is 5.26 Å². The summed E-state index contributed by atoms with van der Waals surface area (Å²) in [5, 5.41) is 17.6. The average molecular weight is 271 g/mol. The van der Waals surface area contributed by atoms with Crippen molar-refractivity contribution in [2.24, 2.45) is 0 Å². The van der Waals surface area contributed by atoms with Crippen LogP contribution in [0.25, 0.3) is 0 Å². The van der Waals surface area contributed by atoms with Gasteiger partial charge in [-0.1, -0.05) is 0 Å². The fourth-order valence-electron chi connectivity index (χ4n) is 1.41. The average Bonchev–Trinajstić information content (AvgIpc) is 2.45. The monoisotopic (exact) mass is 271 g/mol. The Morgan fingerprint density at radius 2 is 2.11 bits per heavy atom. The minimum atomic E-state index is -1.04. The van der Waals surface area contributed by atoms with Crippen molar-refractivity contribution in [2.75, 3.05) is 0 Å². The molecule has 2 heterocycles. The van der Waals surface area contributed by atoms with Crippen LogP contribution in [0.15, 0.2) is 41.6 Å². The zero-order valence-corrected chi connectivity index (χ0v) is 10.6. The summed E-state index contributed by atoms with van der Waals surface area (Å²) in [7, 11) is 0. The lowest BCUT2D eigenvalue weighted by atomic mass is 10.2. The first-order valence-corrected chi connectivity index (χ1v) is 6.35. The quantitative estimate of drug-likeness (QED) is 0.859. The highest BCUT2D eigenvalue weighted by Gasteiger charge is 2.05. The van der Waals surface area contributed by atoms with E-state index in [-0.39, 0.29) is 5.69 Å². The molecule has 0 bridgehead atoms. The van der Waals surface area contributed by atoms with E-state index in [1.807, 2.05) is 12.1 Å². The van der Waals surface area contributed by atoms with Crippen molar-refractivity contribution >= 4 is 17.7 Å². The Bertz CT molecular complexity index is 652. The Kier molecular flexibility index (Phi) is 4.11. The maximum absolute atomic E-state index is 10.8. The van der Waals surface area contributed by atoms with Gasteiger partial charge < -0.3 is 5.11 Å². The van der Waals surface area contributed by atoms with Gasteiger partial charge in [0.25, 0.3) is 0 Å². The largest absolute Gasteiger partial charge is 0.477 e. The standard InChI is InChI=1S/C13H9N3O2S/c14-7-10-5-9(1-3-15-10)8-19-11-2-4-16-12(6-11)13(17)18/h1-6H,8H2,(H,17,18). The maximum atomic E-state index is 10.8. The number of nitriles is 1. The normalized spacial score (nSPS) is 9.84. The molecule has 0 amide bonds. The van der Waals surface area contributed by atoms with Crippen molar-refractivity contribution in [3.05, 3.63) is 53.6 Å². The molecule has 94 valence electrons. The Balaban J connectivity index is 2.08. The molecule has 2 rings (SSSR count). The van der Waals surface area contributed by atoms with Crippen molar-refractivity contribution in [1.82, 2.24) is 9.97 Å². The number of aromatic carboxylic acids is 1. The van der Waals surface area contributed by atoms with Gasteiger partial charge in [-0.25, -0.2) is 14.8 Å². The molecule has 0 unspecified atom stereocenters. The first-order chi connectivity index (χ1) is 9.19. The van der Waals surface area contributed by atoms with Crippen LogP contribution in [-0.4, -0.2) is 21.0 Å². The second-order valence-corrected chi connectivity index (χ2v) is 4.68. The van der Waals surface area contributed by atoms with Crippen LogP contribution < -0.4 is 0 Å². The van der Waals surface area contributed by atoms with Crippen molar-refractivity contribution in [3.8, 4) is 6.07 Å². The Morgan fingerprint density at radius 3 is 2.84 bits per heavy atom. The summed E-state index contributed by atoms with van der Waals surface area (Å²) in [6.07, 6.45) is 3.06. The highest BCUT2D eigenvalue weighted by molar-refractivity contribution is 7.98. The summed E-state index contributed by atoms with van der Waals surface area (Å²) in [5.74, 6) is -0.404. The first-order valence-electron chi connectivity index (χ1n) is 5.36. The van der Waals surface area contributed by atoms with Crippen LogP contribution in [0.3, 0.4) is 0 Å². The number of rotatable bonds is 4. The SMILES string of the molecule is N#Cc1cc(CSc2ccnc(C(=O)O)c2)ccn1. The summed E-state index contributed by atoms with van der Waals surface area (Å²) in [4.78, 5) is 19.3. The topological polar surface area (TPSA) is 86.9 Å². The van der Waals surface area contributed by atoms with Crippen molar-refractivity contribution < 1.29 is 9.90 Å². The van der Waals surface area contributed by atoms with Crippen LogP contribution in [0.5, 0.6) is 0 Å². The fraction of sp³-hybridized carbons (Fsp3) is 0.0769. The number of nitrogens with zero attached hydrogens (tertiary/aromatic N) is 3. The lowest BCUT2D eigenvalue weighted by molar-refractivity contribution is 0.0690. The molecule has 0 radical (unpaired) electrons. The smallest absolute Gasteiger partial charge is 0.354 e. The number of aromatic nitrogens is 2. The van der Waals surface area contributed by atoms with E-state index in [0.717, 1.165) is 10.5 Å². The third kappa shape index (κ3) is 3.53. The predicted molar refractivity (Wildman–Crippen MR) is 69.7 cm³/mol. The van der Waals surface area contributed by atoms with E-state index in [1.165, 1.54) is 24.0 Å². The van der Waals surface area contributed by atoms with Crippen LogP contribution in [-0.2, 0) is 5.75 Å². The second-order valence-electron chi connectivity index (χ2n) is 3.63. The molecule has 2 aromatic rings. The number of carboxylic acid groups (broad SMARTS) is 1. The van der Waals surface area contributed by atoms with Crippen molar-refractivity contribution in [2.45, 2.75) is 10.6 Å². The minimum absolute atomic E-state index is 0.0254. The fourth-order valence-corrected chi connectivity index (χ4v) is 2.27. The predicted octanol–water partition coefficient (Wildman–Crippen LogP) is 2.34. The van der Waals surface area contributed by atoms with E-state index in [0.29, 0.717) is 11.4 Å². The van der Waals surface area contributed by atoms with Gasteiger partial charge in [-0.3, -0.25) is 0 Å². The van der Waals surface area contributed by atoms with Gasteiger partial charge in [-0.15, -0.1) is 11.8 Å². The third-order valence-corrected chi connectivity index (χ3v) is 3.36. The molecule has 0 aromatic carbocycles. The van der Waals surface area contributed by atoms with E-state index in [1.54, 1.807) is 18.3 Å². The Hall–Kier alpha value is -2.39.